The molecule has 2 unspecified atom stereocenters. The Hall–Kier alpha value is -1.43. The Kier molecular flexibility index (Phi) is 5.46. The molecular formula is C19H18BrF4N. The summed E-state index contributed by atoms with van der Waals surface area (Å²) in [5.41, 5.74) is 1.15. The highest BCUT2D eigenvalue weighted by Gasteiger charge is 2.28. The molecule has 3 aliphatic rings. The summed E-state index contributed by atoms with van der Waals surface area (Å²) in [5, 5.41) is 0. The zero-order valence-corrected chi connectivity index (χ0v) is 15.3. The van der Waals surface area contributed by atoms with Crippen LogP contribution >= 0.6 is 15.9 Å². The largest absolute Gasteiger partial charge is 0.261 e. The van der Waals surface area contributed by atoms with E-state index in [-0.39, 0.29) is 35.6 Å². The Bertz CT molecular complexity index is 757. The molecule has 0 N–H and O–H groups in total. The summed E-state index contributed by atoms with van der Waals surface area (Å²) in [6.45, 7) is 1.95. The van der Waals surface area contributed by atoms with Crippen molar-refractivity contribution in [2.45, 2.75) is 37.4 Å². The molecule has 6 heteroatoms. The van der Waals surface area contributed by atoms with Crippen molar-refractivity contribution in [1.29, 1.82) is 0 Å². The lowest BCUT2D eigenvalue weighted by Gasteiger charge is -2.25. The molecule has 25 heavy (non-hydrogen) atoms. The molecule has 0 radical (unpaired) electrons. The number of rotatable bonds is 3. The first-order valence-electron chi connectivity index (χ1n) is 8.23. The van der Waals surface area contributed by atoms with Crippen LogP contribution in [0.1, 0.15) is 32.6 Å². The quantitative estimate of drug-likeness (QED) is 0.358. The fourth-order valence-electron chi connectivity index (χ4n) is 3.32. The highest BCUT2D eigenvalue weighted by molar-refractivity contribution is 9.09. The minimum absolute atomic E-state index is 0.0218. The number of aliphatic imine (C=N–C) groups is 1. The minimum atomic E-state index is -0.630. The van der Waals surface area contributed by atoms with Crippen LogP contribution in [-0.2, 0) is 0 Å². The van der Waals surface area contributed by atoms with Gasteiger partial charge in [-0.2, -0.15) is 0 Å². The maximum Gasteiger partial charge on any atom is 0.126 e. The Morgan fingerprint density at radius 3 is 2.60 bits per heavy atom. The van der Waals surface area contributed by atoms with Crippen molar-refractivity contribution in [2.75, 3.05) is 0 Å². The van der Waals surface area contributed by atoms with Crippen LogP contribution in [0.2, 0.25) is 0 Å². The third kappa shape index (κ3) is 4.22. The third-order valence-corrected chi connectivity index (χ3v) is 5.10. The summed E-state index contributed by atoms with van der Waals surface area (Å²) in [5.74, 6) is -2.77. The zero-order chi connectivity index (χ0) is 18.1. The fraction of sp³-hybridized carbons (Fsp3) is 0.421. The van der Waals surface area contributed by atoms with Crippen LogP contribution in [0, 0.1) is 11.8 Å². The summed E-state index contributed by atoms with van der Waals surface area (Å²) in [4.78, 5) is 4.11. The van der Waals surface area contributed by atoms with Crippen molar-refractivity contribution in [3.8, 4) is 0 Å². The molecule has 2 aliphatic carbocycles. The summed E-state index contributed by atoms with van der Waals surface area (Å²) in [6.07, 6.45) is 6.32. The standard InChI is InChI=1S/C19H18BrF4N/c1-10-4-13(9-15-16(22)6-11(20)7-17(15)23)25-19(5-10)14-3-2-12(21)8-18(14)24/h2,5-6,8,10-11,14H,3-4,7,9H2,1H3/t10?,11?,14-/m1/s1. The van der Waals surface area contributed by atoms with Crippen LogP contribution in [0.4, 0.5) is 17.6 Å². The van der Waals surface area contributed by atoms with Gasteiger partial charge in [0, 0.05) is 40.7 Å². The van der Waals surface area contributed by atoms with Gasteiger partial charge in [-0.15, -0.1) is 0 Å². The molecule has 134 valence electrons. The van der Waals surface area contributed by atoms with E-state index in [9.17, 15) is 17.6 Å². The second-order valence-corrected chi connectivity index (χ2v) is 7.83. The van der Waals surface area contributed by atoms with Gasteiger partial charge in [0.1, 0.15) is 23.3 Å². The molecular weight excluding hydrogens is 398 g/mol. The first-order valence-corrected chi connectivity index (χ1v) is 9.15. The summed E-state index contributed by atoms with van der Waals surface area (Å²) < 4.78 is 55.5. The molecule has 0 saturated carbocycles. The predicted octanol–water partition coefficient (Wildman–Crippen LogP) is 6.71. The van der Waals surface area contributed by atoms with E-state index in [1.54, 1.807) is 0 Å². The maximum atomic E-state index is 14.1. The van der Waals surface area contributed by atoms with Crippen LogP contribution in [0.3, 0.4) is 0 Å². The Labute approximate surface area is 152 Å². The van der Waals surface area contributed by atoms with E-state index in [1.807, 2.05) is 13.0 Å². The van der Waals surface area contributed by atoms with Gasteiger partial charge in [-0.05, 0) is 30.9 Å². The molecule has 1 nitrogen and oxygen atoms in total. The van der Waals surface area contributed by atoms with Gasteiger partial charge in [-0.1, -0.05) is 28.9 Å². The Morgan fingerprint density at radius 1 is 1.16 bits per heavy atom. The molecule has 0 spiro atoms. The number of alkyl halides is 1. The summed E-state index contributed by atoms with van der Waals surface area (Å²) >= 11 is 3.19. The summed E-state index contributed by atoms with van der Waals surface area (Å²) in [7, 11) is 0. The van der Waals surface area contributed by atoms with Crippen LogP contribution < -0.4 is 0 Å². The van der Waals surface area contributed by atoms with Crippen LogP contribution in [-0.4, -0.2) is 10.5 Å². The molecule has 0 saturated heterocycles. The lowest BCUT2D eigenvalue weighted by atomic mass is 9.88. The van der Waals surface area contributed by atoms with Crippen molar-refractivity contribution in [3.63, 3.8) is 0 Å². The SMILES string of the molecule is CC1C=C([C@@H]2CC=C(F)C=C2F)N=C(CC2=C(F)CC(Br)C=C2F)C1. The van der Waals surface area contributed by atoms with Gasteiger partial charge >= 0.3 is 0 Å². The number of hydrogen-bond acceptors (Lipinski definition) is 1. The Balaban J connectivity index is 1.83. The van der Waals surface area contributed by atoms with Gasteiger partial charge in [0.25, 0.3) is 0 Å². The van der Waals surface area contributed by atoms with Gasteiger partial charge in [0.2, 0.25) is 0 Å². The van der Waals surface area contributed by atoms with E-state index in [0.29, 0.717) is 17.8 Å². The molecule has 0 fully saturated rings. The topological polar surface area (TPSA) is 12.4 Å². The van der Waals surface area contributed by atoms with E-state index in [2.05, 4.69) is 20.9 Å². The molecule has 0 aromatic carbocycles. The van der Waals surface area contributed by atoms with Gasteiger partial charge in [0.05, 0.1) is 5.92 Å². The number of allylic oxidation sites excluding steroid dienone is 9. The second-order valence-electron chi connectivity index (χ2n) is 6.65. The predicted molar refractivity (Wildman–Crippen MR) is 95.1 cm³/mol. The van der Waals surface area contributed by atoms with E-state index in [0.717, 1.165) is 6.08 Å². The van der Waals surface area contributed by atoms with Crippen LogP contribution in [0.5, 0.6) is 0 Å². The van der Waals surface area contributed by atoms with Gasteiger partial charge in [0.15, 0.2) is 0 Å². The zero-order valence-electron chi connectivity index (χ0n) is 13.7. The van der Waals surface area contributed by atoms with Crippen molar-refractivity contribution in [3.05, 3.63) is 58.9 Å². The average Bonchev–Trinajstić information content (AvgIpc) is 2.50. The summed E-state index contributed by atoms with van der Waals surface area (Å²) in [6, 6.07) is 0. The van der Waals surface area contributed by atoms with Crippen LogP contribution in [0.25, 0.3) is 0 Å². The van der Waals surface area contributed by atoms with Crippen LogP contribution in [0.15, 0.2) is 63.9 Å². The van der Waals surface area contributed by atoms with Crippen molar-refractivity contribution < 1.29 is 17.6 Å². The average molecular weight is 416 g/mol. The third-order valence-electron chi connectivity index (χ3n) is 4.51. The number of halogens is 5. The molecule has 3 atom stereocenters. The fourth-order valence-corrected chi connectivity index (χ4v) is 3.83. The lowest BCUT2D eigenvalue weighted by Crippen LogP contribution is -2.17. The molecule has 1 aliphatic heterocycles. The normalized spacial score (nSPS) is 30.3. The second kappa shape index (κ2) is 7.44. The molecule has 0 amide bonds. The van der Waals surface area contributed by atoms with E-state index >= 15 is 0 Å². The highest BCUT2D eigenvalue weighted by Crippen LogP contribution is 2.37. The molecule has 1 heterocycles. The molecule has 0 bridgehead atoms. The van der Waals surface area contributed by atoms with E-state index < -0.39 is 29.2 Å². The van der Waals surface area contributed by atoms with Crippen molar-refractivity contribution in [2.24, 2.45) is 16.8 Å². The smallest absolute Gasteiger partial charge is 0.126 e. The van der Waals surface area contributed by atoms with E-state index in [4.69, 9.17) is 0 Å². The first kappa shape index (κ1) is 18.4. The van der Waals surface area contributed by atoms with Gasteiger partial charge < -0.3 is 0 Å². The minimum Gasteiger partial charge on any atom is -0.261 e. The Morgan fingerprint density at radius 2 is 1.92 bits per heavy atom. The van der Waals surface area contributed by atoms with E-state index in [1.165, 1.54) is 12.2 Å². The highest BCUT2D eigenvalue weighted by atomic mass is 79.9. The molecule has 3 rings (SSSR count). The number of hydrogen-bond donors (Lipinski definition) is 0. The van der Waals surface area contributed by atoms with Gasteiger partial charge in [-0.25, -0.2) is 17.6 Å². The maximum absolute atomic E-state index is 14.1. The van der Waals surface area contributed by atoms with Gasteiger partial charge in [-0.3, -0.25) is 4.99 Å². The van der Waals surface area contributed by atoms with Crippen molar-refractivity contribution >= 4 is 21.6 Å². The first-order chi connectivity index (χ1) is 11.8. The lowest BCUT2D eigenvalue weighted by molar-refractivity contribution is 0.481. The molecule has 0 aromatic heterocycles. The number of nitrogens with zero attached hydrogens (tertiary/aromatic N) is 1. The van der Waals surface area contributed by atoms with Crippen molar-refractivity contribution in [1.82, 2.24) is 0 Å². The monoisotopic (exact) mass is 415 g/mol. The molecule has 0 aromatic rings.